The van der Waals surface area contributed by atoms with Crippen LogP contribution in [0.5, 0.6) is 0 Å². The van der Waals surface area contributed by atoms with E-state index in [1.165, 1.54) is 24.2 Å². The van der Waals surface area contributed by atoms with E-state index in [4.69, 9.17) is 0 Å². The molecule has 0 bridgehead atoms. The molecular formula is C11H6FN3S2. The van der Waals surface area contributed by atoms with Crippen molar-refractivity contribution in [2.75, 3.05) is 0 Å². The molecule has 0 fully saturated rings. The number of hydrogen-bond donors (Lipinski definition) is 0. The summed E-state index contributed by atoms with van der Waals surface area (Å²) in [6.45, 7) is 0. The topological polar surface area (TPSA) is 38.7 Å². The maximum absolute atomic E-state index is 12.9. The average Bonchev–Trinajstić information content (AvgIpc) is 2.71. The van der Waals surface area contributed by atoms with Crippen molar-refractivity contribution in [3.63, 3.8) is 0 Å². The van der Waals surface area contributed by atoms with Crippen LogP contribution in [-0.4, -0.2) is 15.0 Å². The van der Waals surface area contributed by atoms with E-state index in [0.717, 1.165) is 14.6 Å². The molecule has 0 aliphatic heterocycles. The number of aromatic nitrogens is 3. The first kappa shape index (κ1) is 10.6. The van der Waals surface area contributed by atoms with Crippen molar-refractivity contribution in [3.8, 4) is 0 Å². The normalized spacial score (nSPS) is 10.9. The molecule has 2 heterocycles. The zero-order valence-corrected chi connectivity index (χ0v) is 10.1. The van der Waals surface area contributed by atoms with Crippen molar-refractivity contribution in [1.29, 1.82) is 0 Å². The maximum atomic E-state index is 12.9. The molecule has 0 aliphatic carbocycles. The highest BCUT2D eigenvalue weighted by molar-refractivity contribution is 8.01. The minimum atomic E-state index is -0.524. The van der Waals surface area contributed by atoms with Gasteiger partial charge in [-0.2, -0.15) is 4.39 Å². The molecule has 0 spiro atoms. The molecule has 84 valence electrons. The van der Waals surface area contributed by atoms with Crippen LogP contribution in [0, 0.1) is 5.95 Å². The van der Waals surface area contributed by atoms with Gasteiger partial charge in [0, 0.05) is 6.07 Å². The van der Waals surface area contributed by atoms with Crippen molar-refractivity contribution in [2.24, 2.45) is 0 Å². The summed E-state index contributed by atoms with van der Waals surface area (Å²) >= 11 is 2.91. The third-order valence-electron chi connectivity index (χ3n) is 2.07. The summed E-state index contributed by atoms with van der Waals surface area (Å²) in [5, 5.41) is 0.566. The Kier molecular flexibility index (Phi) is 2.74. The van der Waals surface area contributed by atoms with Gasteiger partial charge in [-0.25, -0.2) is 15.0 Å². The van der Waals surface area contributed by atoms with Gasteiger partial charge in [0.25, 0.3) is 0 Å². The van der Waals surface area contributed by atoms with Crippen LogP contribution in [-0.2, 0) is 0 Å². The van der Waals surface area contributed by atoms with Gasteiger partial charge in [0.15, 0.2) is 4.34 Å². The van der Waals surface area contributed by atoms with Crippen LogP contribution in [0.4, 0.5) is 4.39 Å². The van der Waals surface area contributed by atoms with E-state index in [1.807, 2.05) is 24.3 Å². The zero-order chi connectivity index (χ0) is 11.7. The number of hydrogen-bond acceptors (Lipinski definition) is 5. The van der Waals surface area contributed by atoms with E-state index in [9.17, 15) is 4.39 Å². The number of para-hydroxylation sites is 1. The highest BCUT2D eigenvalue weighted by atomic mass is 32.2. The monoisotopic (exact) mass is 263 g/mol. The van der Waals surface area contributed by atoms with E-state index < -0.39 is 5.95 Å². The summed E-state index contributed by atoms with van der Waals surface area (Å²) in [6.07, 6.45) is 1.21. The Balaban J connectivity index is 1.94. The van der Waals surface area contributed by atoms with Crippen molar-refractivity contribution in [1.82, 2.24) is 15.0 Å². The van der Waals surface area contributed by atoms with Gasteiger partial charge in [0.2, 0.25) is 5.95 Å². The van der Waals surface area contributed by atoms with Gasteiger partial charge in [-0.05, 0) is 23.9 Å². The van der Waals surface area contributed by atoms with E-state index >= 15 is 0 Å². The van der Waals surface area contributed by atoms with Crippen molar-refractivity contribution in [2.45, 2.75) is 9.37 Å². The molecule has 6 heteroatoms. The fraction of sp³-hybridized carbons (Fsp3) is 0. The summed E-state index contributed by atoms with van der Waals surface area (Å²) in [5.74, 6) is -0.524. The first-order valence-corrected chi connectivity index (χ1v) is 6.45. The van der Waals surface area contributed by atoms with Crippen molar-refractivity contribution in [3.05, 3.63) is 42.6 Å². The quantitative estimate of drug-likeness (QED) is 0.664. The fourth-order valence-corrected chi connectivity index (χ4v) is 3.33. The third-order valence-corrected chi connectivity index (χ3v) is 4.10. The first-order valence-electron chi connectivity index (χ1n) is 4.82. The Morgan fingerprint density at radius 1 is 1.18 bits per heavy atom. The van der Waals surface area contributed by atoms with Crippen LogP contribution in [0.15, 0.2) is 46.0 Å². The van der Waals surface area contributed by atoms with Crippen LogP contribution in [0.1, 0.15) is 0 Å². The summed E-state index contributed by atoms with van der Waals surface area (Å²) < 4.78 is 14.9. The average molecular weight is 263 g/mol. The summed E-state index contributed by atoms with van der Waals surface area (Å²) in [4.78, 5) is 11.8. The van der Waals surface area contributed by atoms with Crippen LogP contribution < -0.4 is 0 Å². The smallest absolute Gasteiger partial charge is 0.217 e. The standard InChI is InChI=1S/C11H6FN3S2/c12-9-5-10(14-6-13-9)17-11-15-7-3-1-2-4-8(7)16-11/h1-6H. The molecule has 0 saturated heterocycles. The molecule has 0 unspecified atom stereocenters. The Bertz CT molecular complexity index is 635. The molecular weight excluding hydrogens is 257 g/mol. The molecule has 2 aromatic heterocycles. The minimum Gasteiger partial charge on any atom is -0.229 e. The number of fused-ring (bicyclic) bond motifs is 1. The second-order valence-corrected chi connectivity index (χ2v) is 5.53. The fourth-order valence-electron chi connectivity index (χ4n) is 1.36. The Morgan fingerprint density at radius 3 is 2.88 bits per heavy atom. The van der Waals surface area contributed by atoms with E-state index in [0.29, 0.717) is 5.03 Å². The molecule has 3 nitrogen and oxygen atoms in total. The van der Waals surface area contributed by atoms with Crippen molar-refractivity contribution < 1.29 is 4.39 Å². The third kappa shape index (κ3) is 2.27. The molecule has 3 rings (SSSR count). The van der Waals surface area contributed by atoms with Gasteiger partial charge < -0.3 is 0 Å². The van der Waals surface area contributed by atoms with Crippen LogP contribution in [0.3, 0.4) is 0 Å². The van der Waals surface area contributed by atoms with Gasteiger partial charge in [-0.15, -0.1) is 11.3 Å². The first-order chi connectivity index (χ1) is 8.31. The van der Waals surface area contributed by atoms with E-state index in [2.05, 4.69) is 15.0 Å². The predicted molar refractivity (Wildman–Crippen MR) is 65.7 cm³/mol. The number of nitrogens with zero attached hydrogens (tertiary/aromatic N) is 3. The van der Waals surface area contributed by atoms with Gasteiger partial charge in [-0.3, -0.25) is 0 Å². The summed E-state index contributed by atoms with van der Waals surface area (Å²) in [5.41, 5.74) is 0.953. The largest absolute Gasteiger partial charge is 0.229 e. The highest BCUT2D eigenvalue weighted by Gasteiger charge is 2.06. The minimum absolute atomic E-state index is 0.524. The Morgan fingerprint density at radius 2 is 2.06 bits per heavy atom. The molecule has 3 aromatic rings. The van der Waals surface area contributed by atoms with Gasteiger partial charge in [0.05, 0.1) is 10.2 Å². The second kappa shape index (κ2) is 4.38. The lowest BCUT2D eigenvalue weighted by atomic mass is 10.3. The van der Waals surface area contributed by atoms with Crippen molar-refractivity contribution >= 4 is 33.3 Å². The van der Waals surface area contributed by atoms with E-state index in [-0.39, 0.29) is 0 Å². The lowest BCUT2D eigenvalue weighted by Gasteiger charge is -1.94. The van der Waals surface area contributed by atoms with Gasteiger partial charge >= 0.3 is 0 Å². The number of benzene rings is 1. The predicted octanol–water partition coefficient (Wildman–Crippen LogP) is 3.38. The molecule has 0 amide bonds. The lowest BCUT2D eigenvalue weighted by molar-refractivity contribution is 0.572. The van der Waals surface area contributed by atoms with Crippen LogP contribution in [0.2, 0.25) is 0 Å². The maximum Gasteiger partial charge on any atom is 0.217 e. The molecule has 17 heavy (non-hydrogen) atoms. The summed E-state index contributed by atoms with van der Waals surface area (Å²) in [6, 6.07) is 9.19. The van der Waals surface area contributed by atoms with Gasteiger partial charge in [0.1, 0.15) is 11.4 Å². The Hall–Kier alpha value is -1.53. The number of thiazole rings is 1. The number of halogens is 1. The zero-order valence-electron chi connectivity index (χ0n) is 8.50. The molecule has 0 radical (unpaired) electrons. The second-order valence-electron chi connectivity index (χ2n) is 3.23. The van der Waals surface area contributed by atoms with Gasteiger partial charge in [-0.1, -0.05) is 12.1 Å². The molecule has 0 saturated carbocycles. The highest BCUT2D eigenvalue weighted by Crippen LogP contribution is 2.33. The number of rotatable bonds is 2. The SMILES string of the molecule is Fc1cc(Sc2nc3ccccc3s2)ncn1. The molecule has 0 atom stereocenters. The van der Waals surface area contributed by atoms with E-state index in [1.54, 1.807) is 11.3 Å². The lowest BCUT2D eigenvalue weighted by Crippen LogP contribution is -1.85. The molecule has 0 aliphatic rings. The Labute approximate surface area is 105 Å². The molecule has 1 aromatic carbocycles. The van der Waals surface area contributed by atoms with Crippen LogP contribution >= 0.6 is 23.1 Å². The molecule has 0 N–H and O–H groups in total. The summed E-state index contributed by atoms with van der Waals surface area (Å²) in [7, 11) is 0. The van der Waals surface area contributed by atoms with Crippen LogP contribution in [0.25, 0.3) is 10.2 Å².